The standard InChI is InChI=1S/C21H27N3O5S2/c25-20(23-10-12-29-13-11-23)15-24-18-7-6-17(14-19(18)30-21(24)26)31(27,28)22-9-8-16-4-2-1-3-5-16/h4,6-7,14,22H,1-3,5,8-13,15H2. The van der Waals surface area contributed by atoms with E-state index >= 15 is 0 Å². The van der Waals surface area contributed by atoms with Crippen molar-refractivity contribution in [1.82, 2.24) is 14.2 Å². The van der Waals surface area contributed by atoms with Gasteiger partial charge in [-0.3, -0.25) is 14.2 Å². The monoisotopic (exact) mass is 465 g/mol. The van der Waals surface area contributed by atoms with E-state index in [0.29, 0.717) is 43.1 Å². The Kier molecular flexibility index (Phi) is 6.90. The van der Waals surface area contributed by atoms with Crippen molar-refractivity contribution in [3.05, 3.63) is 39.5 Å². The molecule has 1 aromatic carbocycles. The molecule has 2 aliphatic rings. The molecule has 0 atom stereocenters. The van der Waals surface area contributed by atoms with Crippen LogP contribution in [0, 0.1) is 0 Å². The van der Waals surface area contributed by atoms with Crippen molar-refractivity contribution < 1.29 is 17.9 Å². The summed E-state index contributed by atoms with van der Waals surface area (Å²) in [5.41, 5.74) is 1.88. The number of fused-ring (bicyclic) bond motifs is 1. The molecular formula is C21H27N3O5S2. The van der Waals surface area contributed by atoms with E-state index in [4.69, 9.17) is 4.74 Å². The largest absolute Gasteiger partial charge is 0.378 e. The number of rotatable bonds is 7. The average molecular weight is 466 g/mol. The van der Waals surface area contributed by atoms with Crippen LogP contribution < -0.4 is 9.60 Å². The van der Waals surface area contributed by atoms with Gasteiger partial charge in [0.15, 0.2) is 0 Å². The maximum absolute atomic E-state index is 12.7. The lowest BCUT2D eigenvalue weighted by Crippen LogP contribution is -2.43. The Labute approximate surface area is 185 Å². The number of morpholine rings is 1. The number of nitrogens with one attached hydrogen (secondary N) is 1. The number of thiazole rings is 1. The minimum Gasteiger partial charge on any atom is -0.378 e. The first kappa shape index (κ1) is 22.2. The van der Waals surface area contributed by atoms with Gasteiger partial charge in [-0.25, -0.2) is 13.1 Å². The molecule has 31 heavy (non-hydrogen) atoms. The van der Waals surface area contributed by atoms with E-state index in [2.05, 4.69) is 10.8 Å². The third kappa shape index (κ3) is 5.25. The molecular weight excluding hydrogens is 438 g/mol. The van der Waals surface area contributed by atoms with Crippen molar-refractivity contribution in [3.8, 4) is 0 Å². The number of sulfonamides is 1. The van der Waals surface area contributed by atoms with Crippen molar-refractivity contribution >= 4 is 37.5 Å². The minimum atomic E-state index is -3.67. The van der Waals surface area contributed by atoms with Crippen LogP contribution >= 0.6 is 11.3 Å². The Morgan fingerprint density at radius 2 is 2.00 bits per heavy atom. The van der Waals surface area contributed by atoms with Crippen LogP contribution in [0.2, 0.25) is 0 Å². The summed E-state index contributed by atoms with van der Waals surface area (Å²) in [4.78, 5) is 26.6. The van der Waals surface area contributed by atoms with Crippen LogP contribution in [0.5, 0.6) is 0 Å². The summed E-state index contributed by atoms with van der Waals surface area (Å²) in [5.74, 6) is -0.138. The normalized spacial score (nSPS) is 17.7. The van der Waals surface area contributed by atoms with Crippen molar-refractivity contribution in [2.75, 3.05) is 32.8 Å². The molecule has 0 radical (unpaired) electrons. The fraction of sp³-hybridized carbons (Fsp3) is 0.524. The Hall–Kier alpha value is -2.01. The van der Waals surface area contributed by atoms with E-state index in [9.17, 15) is 18.0 Å². The quantitative estimate of drug-likeness (QED) is 0.632. The van der Waals surface area contributed by atoms with E-state index in [-0.39, 0.29) is 22.2 Å². The summed E-state index contributed by atoms with van der Waals surface area (Å²) < 4.78 is 35.3. The van der Waals surface area contributed by atoms with Crippen LogP contribution in [0.4, 0.5) is 0 Å². The second kappa shape index (κ2) is 9.64. The van der Waals surface area contributed by atoms with Crippen LogP contribution in [-0.4, -0.2) is 56.6 Å². The lowest BCUT2D eigenvalue weighted by Gasteiger charge is -2.26. The first-order valence-corrected chi connectivity index (χ1v) is 12.9. The maximum atomic E-state index is 12.7. The zero-order chi connectivity index (χ0) is 21.8. The molecule has 0 spiro atoms. The number of carbonyl (C=O) groups is 1. The lowest BCUT2D eigenvalue weighted by atomic mass is 9.97. The van der Waals surface area contributed by atoms with Crippen molar-refractivity contribution in [1.29, 1.82) is 0 Å². The molecule has 1 N–H and O–H groups in total. The first-order chi connectivity index (χ1) is 14.9. The smallest absolute Gasteiger partial charge is 0.308 e. The van der Waals surface area contributed by atoms with Gasteiger partial charge in [-0.15, -0.1) is 0 Å². The summed E-state index contributed by atoms with van der Waals surface area (Å²) in [6.07, 6.45) is 7.41. The highest BCUT2D eigenvalue weighted by Gasteiger charge is 2.21. The summed E-state index contributed by atoms with van der Waals surface area (Å²) in [5, 5.41) is 0. The van der Waals surface area contributed by atoms with Gasteiger partial charge in [-0.2, -0.15) is 0 Å². The SMILES string of the molecule is O=C(Cn1c(=O)sc2cc(S(=O)(=O)NCCC3=CCCCC3)ccc21)N1CCOCC1. The molecule has 10 heteroatoms. The third-order valence-corrected chi connectivity index (χ3v) is 8.13. The second-order valence-electron chi connectivity index (χ2n) is 7.83. The fourth-order valence-electron chi connectivity index (χ4n) is 3.97. The van der Waals surface area contributed by atoms with E-state index < -0.39 is 10.0 Å². The molecule has 1 amide bonds. The molecule has 1 aliphatic carbocycles. The fourth-order valence-corrected chi connectivity index (χ4v) is 6.03. The van der Waals surface area contributed by atoms with E-state index in [1.807, 2.05) is 0 Å². The number of allylic oxidation sites excluding steroid dienone is 1. The number of nitrogens with zero attached hydrogens (tertiary/aromatic N) is 2. The van der Waals surface area contributed by atoms with Crippen LogP contribution in [-0.2, 0) is 26.1 Å². The molecule has 1 saturated heterocycles. The lowest BCUT2D eigenvalue weighted by molar-refractivity contribution is -0.135. The van der Waals surface area contributed by atoms with Crippen LogP contribution in [0.1, 0.15) is 32.1 Å². The maximum Gasteiger partial charge on any atom is 0.308 e. The number of hydrogen-bond donors (Lipinski definition) is 1. The predicted molar refractivity (Wildman–Crippen MR) is 120 cm³/mol. The van der Waals surface area contributed by atoms with E-state index in [0.717, 1.165) is 30.6 Å². The molecule has 4 rings (SSSR count). The Balaban J connectivity index is 1.47. The Morgan fingerprint density at radius 3 is 2.74 bits per heavy atom. The van der Waals surface area contributed by atoms with Gasteiger partial charge in [0.25, 0.3) is 0 Å². The first-order valence-electron chi connectivity index (χ1n) is 10.6. The number of amides is 1. The third-order valence-electron chi connectivity index (χ3n) is 5.73. The predicted octanol–water partition coefficient (Wildman–Crippen LogP) is 2.09. The molecule has 1 aliphatic heterocycles. The van der Waals surface area contributed by atoms with Crippen molar-refractivity contribution in [2.24, 2.45) is 0 Å². The van der Waals surface area contributed by atoms with E-state index in [1.165, 1.54) is 35.1 Å². The van der Waals surface area contributed by atoms with Gasteiger partial charge in [0.1, 0.15) is 6.54 Å². The van der Waals surface area contributed by atoms with Crippen molar-refractivity contribution in [2.45, 2.75) is 43.5 Å². The van der Waals surface area contributed by atoms with Gasteiger partial charge in [0.05, 0.1) is 28.3 Å². The van der Waals surface area contributed by atoms with Gasteiger partial charge in [-0.1, -0.05) is 23.0 Å². The van der Waals surface area contributed by atoms with Gasteiger partial charge in [-0.05, 0) is 50.3 Å². The molecule has 1 fully saturated rings. The second-order valence-corrected chi connectivity index (χ2v) is 10.6. The van der Waals surface area contributed by atoms with Gasteiger partial charge in [0.2, 0.25) is 15.9 Å². The number of aromatic nitrogens is 1. The zero-order valence-corrected chi connectivity index (χ0v) is 19.0. The summed E-state index contributed by atoms with van der Waals surface area (Å²) in [6, 6.07) is 4.61. The highest BCUT2D eigenvalue weighted by atomic mass is 32.2. The molecule has 1 aromatic heterocycles. The number of ether oxygens (including phenoxy) is 1. The highest BCUT2D eigenvalue weighted by Crippen LogP contribution is 2.23. The topological polar surface area (TPSA) is 97.7 Å². The summed E-state index contributed by atoms with van der Waals surface area (Å²) in [6.45, 7) is 2.32. The zero-order valence-electron chi connectivity index (χ0n) is 17.3. The van der Waals surface area contributed by atoms with E-state index in [1.54, 1.807) is 11.0 Å². The van der Waals surface area contributed by atoms with Gasteiger partial charge in [0, 0.05) is 19.6 Å². The van der Waals surface area contributed by atoms with Crippen LogP contribution in [0.25, 0.3) is 10.2 Å². The summed E-state index contributed by atoms with van der Waals surface area (Å²) in [7, 11) is -3.67. The van der Waals surface area contributed by atoms with Gasteiger partial charge < -0.3 is 9.64 Å². The molecule has 0 unspecified atom stereocenters. The molecule has 168 valence electrons. The molecule has 8 nitrogen and oxygen atoms in total. The average Bonchev–Trinajstić information content (AvgIpc) is 3.09. The Morgan fingerprint density at radius 1 is 1.19 bits per heavy atom. The molecule has 0 bridgehead atoms. The van der Waals surface area contributed by atoms with Gasteiger partial charge >= 0.3 is 4.87 Å². The number of benzene rings is 1. The number of carbonyl (C=O) groups excluding carboxylic acids is 1. The molecule has 0 saturated carbocycles. The van der Waals surface area contributed by atoms with Crippen molar-refractivity contribution in [3.63, 3.8) is 0 Å². The van der Waals surface area contributed by atoms with Crippen LogP contribution in [0.15, 0.2) is 39.5 Å². The molecule has 2 aromatic rings. The molecule has 2 heterocycles. The Bertz CT molecular complexity index is 1140. The highest BCUT2D eigenvalue weighted by molar-refractivity contribution is 7.89. The van der Waals surface area contributed by atoms with Crippen LogP contribution in [0.3, 0.4) is 0 Å². The summed E-state index contributed by atoms with van der Waals surface area (Å²) >= 11 is 0.955. The minimum absolute atomic E-state index is 0.0573. The number of hydrogen-bond acceptors (Lipinski definition) is 6.